The normalized spacial score (nSPS) is 10.3. The molecule has 0 bridgehead atoms. The van der Waals surface area contributed by atoms with Crippen molar-refractivity contribution in [3.05, 3.63) is 67.4 Å². The Balaban J connectivity index is 2.20. The Morgan fingerprint density at radius 3 is 2.70 bits per heavy atom. The number of halogens is 3. The van der Waals surface area contributed by atoms with Crippen molar-refractivity contribution in [1.29, 1.82) is 0 Å². The van der Waals surface area contributed by atoms with Crippen LogP contribution in [0.2, 0.25) is 5.02 Å². The summed E-state index contributed by atoms with van der Waals surface area (Å²) in [6.07, 6.45) is 0. The molecule has 0 saturated carbocycles. The SMILES string of the molecule is O=[N+]([O-])c1ccc(Br)cc1CNc1ccc(F)c(Cl)c1. The zero-order valence-corrected chi connectivity index (χ0v) is 12.4. The molecule has 0 aliphatic rings. The maximum atomic E-state index is 13.0. The van der Waals surface area contributed by atoms with Crippen LogP contribution in [0.4, 0.5) is 15.8 Å². The molecule has 0 radical (unpaired) electrons. The molecular weight excluding hydrogens is 351 g/mol. The van der Waals surface area contributed by atoms with E-state index in [-0.39, 0.29) is 17.3 Å². The van der Waals surface area contributed by atoms with E-state index in [2.05, 4.69) is 21.2 Å². The van der Waals surface area contributed by atoms with Crippen LogP contribution in [0.15, 0.2) is 40.9 Å². The largest absolute Gasteiger partial charge is 0.381 e. The van der Waals surface area contributed by atoms with Gasteiger partial charge in [-0.25, -0.2) is 4.39 Å². The molecule has 0 atom stereocenters. The molecule has 2 rings (SSSR count). The molecule has 4 nitrogen and oxygen atoms in total. The molecule has 0 amide bonds. The van der Waals surface area contributed by atoms with Crippen LogP contribution >= 0.6 is 27.5 Å². The van der Waals surface area contributed by atoms with E-state index in [4.69, 9.17) is 11.6 Å². The summed E-state index contributed by atoms with van der Waals surface area (Å²) in [4.78, 5) is 10.5. The van der Waals surface area contributed by atoms with E-state index in [0.29, 0.717) is 11.3 Å². The lowest BCUT2D eigenvalue weighted by molar-refractivity contribution is -0.385. The fourth-order valence-corrected chi connectivity index (χ4v) is 2.27. The fraction of sp³-hybridized carbons (Fsp3) is 0.0769. The van der Waals surface area contributed by atoms with Gasteiger partial charge < -0.3 is 5.32 Å². The number of hydrogen-bond donors (Lipinski definition) is 1. The first-order valence-electron chi connectivity index (χ1n) is 5.59. The molecule has 0 heterocycles. The van der Waals surface area contributed by atoms with Crippen molar-refractivity contribution in [1.82, 2.24) is 0 Å². The molecule has 2 aromatic carbocycles. The summed E-state index contributed by atoms with van der Waals surface area (Å²) in [6, 6.07) is 8.89. The number of benzene rings is 2. The molecule has 20 heavy (non-hydrogen) atoms. The number of hydrogen-bond acceptors (Lipinski definition) is 3. The number of anilines is 1. The molecule has 7 heteroatoms. The lowest BCUT2D eigenvalue weighted by atomic mass is 10.1. The molecule has 0 aliphatic heterocycles. The third-order valence-electron chi connectivity index (χ3n) is 2.64. The van der Waals surface area contributed by atoms with E-state index in [1.807, 2.05) is 0 Å². The van der Waals surface area contributed by atoms with Crippen molar-refractivity contribution in [2.24, 2.45) is 0 Å². The molecule has 2 aromatic rings. The van der Waals surface area contributed by atoms with E-state index in [9.17, 15) is 14.5 Å². The van der Waals surface area contributed by atoms with Crippen LogP contribution in [0.5, 0.6) is 0 Å². The van der Waals surface area contributed by atoms with Crippen LogP contribution in [-0.2, 0) is 6.54 Å². The highest BCUT2D eigenvalue weighted by Crippen LogP contribution is 2.25. The third kappa shape index (κ3) is 3.46. The van der Waals surface area contributed by atoms with Crippen molar-refractivity contribution in [2.75, 3.05) is 5.32 Å². The quantitative estimate of drug-likeness (QED) is 0.632. The van der Waals surface area contributed by atoms with Crippen molar-refractivity contribution >= 4 is 38.9 Å². The van der Waals surface area contributed by atoms with E-state index in [1.165, 1.54) is 24.3 Å². The highest BCUT2D eigenvalue weighted by Gasteiger charge is 2.13. The van der Waals surface area contributed by atoms with Gasteiger partial charge in [-0.3, -0.25) is 10.1 Å². The Bertz CT molecular complexity index is 667. The molecule has 0 aliphatic carbocycles. The second-order valence-electron chi connectivity index (χ2n) is 4.01. The smallest absolute Gasteiger partial charge is 0.274 e. The summed E-state index contributed by atoms with van der Waals surface area (Å²) in [6.45, 7) is 0.234. The zero-order valence-electron chi connectivity index (χ0n) is 10.1. The van der Waals surface area contributed by atoms with Gasteiger partial charge in [0.05, 0.1) is 9.95 Å². The lowest BCUT2D eigenvalue weighted by Crippen LogP contribution is -2.03. The van der Waals surface area contributed by atoms with E-state index >= 15 is 0 Å². The summed E-state index contributed by atoms with van der Waals surface area (Å²) >= 11 is 8.94. The van der Waals surface area contributed by atoms with Gasteiger partial charge in [0.15, 0.2) is 0 Å². The molecule has 1 N–H and O–H groups in total. The highest BCUT2D eigenvalue weighted by atomic mass is 79.9. The van der Waals surface area contributed by atoms with Gasteiger partial charge in [-0.05, 0) is 30.3 Å². The van der Waals surface area contributed by atoms with Gasteiger partial charge in [-0.1, -0.05) is 27.5 Å². The number of nitro groups is 1. The second kappa shape index (κ2) is 6.19. The summed E-state index contributed by atoms with van der Waals surface area (Å²) in [7, 11) is 0. The molecule has 0 fully saturated rings. The first-order chi connectivity index (χ1) is 9.47. The van der Waals surface area contributed by atoms with E-state index < -0.39 is 10.7 Å². The monoisotopic (exact) mass is 358 g/mol. The minimum absolute atomic E-state index is 0.00116. The van der Waals surface area contributed by atoms with E-state index in [1.54, 1.807) is 12.1 Å². The summed E-state index contributed by atoms with van der Waals surface area (Å²) in [5, 5.41) is 13.9. The summed E-state index contributed by atoms with van der Waals surface area (Å²) < 4.78 is 13.8. The van der Waals surface area contributed by atoms with Gasteiger partial charge in [0.2, 0.25) is 0 Å². The Morgan fingerprint density at radius 1 is 1.30 bits per heavy atom. The average molecular weight is 360 g/mol. The summed E-state index contributed by atoms with van der Waals surface area (Å²) in [5.74, 6) is -0.509. The van der Waals surface area contributed by atoms with Gasteiger partial charge >= 0.3 is 0 Å². The minimum atomic E-state index is -0.509. The van der Waals surface area contributed by atoms with Crippen LogP contribution in [0, 0.1) is 15.9 Å². The van der Waals surface area contributed by atoms with Crippen LogP contribution in [0.3, 0.4) is 0 Å². The third-order valence-corrected chi connectivity index (χ3v) is 3.42. The van der Waals surface area contributed by atoms with Gasteiger partial charge in [-0.2, -0.15) is 0 Å². The second-order valence-corrected chi connectivity index (χ2v) is 5.34. The van der Waals surface area contributed by atoms with Gasteiger partial charge in [0.25, 0.3) is 5.69 Å². The number of nitro benzene ring substituents is 1. The molecule has 0 saturated heterocycles. The highest BCUT2D eigenvalue weighted by molar-refractivity contribution is 9.10. The van der Waals surface area contributed by atoms with Gasteiger partial charge in [0, 0.05) is 28.3 Å². The Kier molecular flexibility index (Phi) is 4.57. The molecule has 104 valence electrons. The molecule has 0 aromatic heterocycles. The molecular formula is C13H9BrClFN2O2. The predicted molar refractivity (Wildman–Crippen MR) is 79.5 cm³/mol. The Labute approximate surface area is 127 Å². The topological polar surface area (TPSA) is 55.2 Å². The first-order valence-corrected chi connectivity index (χ1v) is 6.76. The fourth-order valence-electron chi connectivity index (χ4n) is 1.68. The number of nitrogens with one attached hydrogen (secondary N) is 1. The standard InChI is InChI=1S/C13H9BrClFN2O2/c14-9-1-4-13(18(19)20)8(5-9)7-17-10-2-3-12(16)11(15)6-10/h1-6,17H,7H2. The van der Waals surface area contributed by atoms with Crippen LogP contribution < -0.4 is 5.32 Å². The van der Waals surface area contributed by atoms with Crippen molar-refractivity contribution < 1.29 is 9.31 Å². The Morgan fingerprint density at radius 2 is 2.05 bits per heavy atom. The maximum absolute atomic E-state index is 13.0. The summed E-state index contributed by atoms with van der Waals surface area (Å²) in [5.41, 5.74) is 1.13. The maximum Gasteiger partial charge on any atom is 0.274 e. The van der Waals surface area contributed by atoms with Crippen LogP contribution in [-0.4, -0.2) is 4.92 Å². The average Bonchev–Trinajstić information content (AvgIpc) is 2.40. The van der Waals surface area contributed by atoms with Gasteiger partial charge in [0.1, 0.15) is 5.82 Å². The predicted octanol–water partition coefficient (Wildman–Crippen LogP) is 4.76. The van der Waals surface area contributed by atoms with Crippen molar-refractivity contribution in [3.8, 4) is 0 Å². The molecule has 0 spiro atoms. The van der Waals surface area contributed by atoms with Crippen LogP contribution in [0.1, 0.15) is 5.56 Å². The first kappa shape index (κ1) is 14.7. The number of rotatable bonds is 4. The van der Waals surface area contributed by atoms with E-state index in [0.717, 1.165) is 4.47 Å². The Hall–Kier alpha value is -1.66. The van der Waals surface area contributed by atoms with Gasteiger partial charge in [-0.15, -0.1) is 0 Å². The zero-order chi connectivity index (χ0) is 14.7. The number of nitrogens with zero attached hydrogens (tertiary/aromatic N) is 1. The minimum Gasteiger partial charge on any atom is -0.381 e. The van der Waals surface area contributed by atoms with Crippen molar-refractivity contribution in [3.63, 3.8) is 0 Å². The van der Waals surface area contributed by atoms with Crippen molar-refractivity contribution in [2.45, 2.75) is 6.54 Å². The lowest BCUT2D eigenvalue weighted by Gasteiger charge is -2.08. The molecule has 0 unspecified atom stereocenters. The van der Waals surface area contributed by atoms with Crippen LogP contribution in [0.25, 0.3) is 0 Å².